The summed E-state index contributed by atoms with van der Waals surface area (Å²) in [6.45, 7) is 22.8. The third kappa shape index (κ3) is 11.1. The summed E-state index contributed by atoms with van der Waals surface area (Å²) in [7, 11) is -2.17. The van der Waals surface area contributed by atoms with Gasteiger partial charge in [-0.1, -0.05) is 60.5 Å². The average Bonchev–Trinajstić information content (AvgIpc) is 3.58. The SMILES string of the molecule is C#CCN[C@@H]1C=C[C@]2(O[C@H]([C@@H](CC)C(=O)[C@@H](C)[C@@H](O)[C@H](C)[C@H]3CCC[C@H]([C@@H](CC)C(=O)NCCC[Si](C)(C)O)O3)[C@@H](C)C[C@H]2C)O[C@@]12CC[C@@](C)([C@H]1CC[C@](O)(CC)[C@H](C)O1)O2. The molecule has 0 aliphatic carbocycles. The second-order valence-electron chi connectivity index (χ2n) is 20.9. The Bertz CT molecular complexity index is 1590. The van der Waals surface area contributed by atoms with Crippen molar-refractivity contribution in [2.24, 2.45) is 35.5 Å². The van der Waals surface area contributed by atoms with Crippen molar-refractivity contribution in [3.63, 3.8) is 0 Å². The van der Waals surface area contributed by atoms with E-state index in [4.69, 9.17) is 30.1 Å². The Balaban J connectivity index is 1.28. The minimum Gasteiger partial charge on any atom is -0.432 e. The number of aliphatic hydroxyl groups is 2. The van der Waals surface area contributed by atoms with Crippen LogP contribution in [-0.4, -0.2) is 114 Å². The second kappa shape index (κ2) is 20.9. The van der Waals surface area contributed by atoms with E-state index in [9.17, 15) is 24.6 Å². The van der Waals surface area contributed by atoms with E-state index in [-0.39, 0.29) is 65.8 Å². The van der Waals surface area contributed by atoms with E-state index in [1.165, 1.54) is 0 Å². The van der Waals surface area contributed by atoms with Crippen LogP contribution < -0.4 is 10.6 Å². The largest absolute Gasteiger partial charge is 0.432 e. The van der Waals surface area contributed by atoms with Gasteiger partial charge in [0.1, 0.15) is 5.78 Å². The summed E-state index contributed by atoms with van der Waals surface area (Å²) >= 11 is 0. The van der Waals surface area contributed by atoms with E-state index in [2.05, 4.69) is 43.4 Å². The lowest BCUT2D eigenvalue weighted by Gasteiger charge is -2.55. The number of terminal acetylenes is 1. The summed E-state index contributed by atoms with van der Waals surface area (Å²) in [5.41, 5.74) is -1.55. The first kappa shape index (κ1) is 51.3. The van der Waals surface area contributed by atoms with Gasteiger partial charge < -0.3 is 44.0 Å². The Hall–Kier alpha value is -1.70. The van der Waals surface area contributed by atoms with Crippen molar-refractivity contribution in [2.75, 3.05) is 13.1 Å². The van der Waals surface area contributed by atoms with Gasteiger partial charge in [-0.05, 0) is 116 Å². The zero-order valence-electron chi connectivity index (χ0n) is 40.0. The maximum absolute atomic E-state index is 14.7. The lowest BCUT2D eigenvalue weighted by molar-refractivity contribution is -0.398. The molecule has 5 rings (SSSR count). The molecule has 0 aromatic heterocycles. The predicted octanol–water partition coefficient (Wildman–Crippen LogP) is 6.79. The predicted molar refractivity (Wildman–Crippen MR) is 243 cm³/mol. The lowest BCUT2D eigenvalue weighted by Crippen LogP contribution is -2.65. The topological polar surface area (TPSA) is 165 Å². The van der Waals surface area contributed by atoms with E-state index in [1.807, 2.05) is 60.7 Å². The summed E-state index contributed by atoms with van der Waals surface area (Å²) in [6.07, 6.45) is 15.4. The number of amides is 1. The zero-order chi connectivity index (χ0) is 45.8. The van der Waals surface area contributed by atoms with Crippen LogP contribution in [0, 0.1) is 47.9 Å². The van der Waals surface area contributed by atoms with Crippen LogP contribution >= 0.6 is 0 Å². The maximum Gasteiger partial charge on any atom is 0.225 e. The molecule has 4 saturated heterocycles. The standard InChI is InChI=1S/C49H84N2O10Si/c1-13-27-50-40-21-24-48(61-49(40)26-25-46(10,60-49)41-22-23-47(55,16-4)35(9)57-41)32(6)30-31(5)44(59-48)37(15-3)43(53)34(8)42(52)33(7)38-19-17-20-39(58-38)36(14-2)45(54)51-28-18-29-62(11,12)56/h1,21,24,31-42,44,50,52,55-56H,14-20,22-23,25-30H2,2-12H3,(H,51,54)/t31-,32+,33+,34-,35-,36+,37-,38+,39+,40+,41+,42-,44-,46-,47+,48-,49-/m0/s1. The first-order valence-electron chi connectivity index (χ1n) is 24.3. The van der Waals surface area contributed by atoms with Gasteiger partial charge in [0.05, 0.1) is 66.3 Å². The van der Waals surface area contributed by atoms with Gasteiger partial charge in [-0.3, -0.25) is 14.9 Å². The fourth-order valence-corrected chi connectivity index (χ4v) is 12.5. The van der Waals surface area contributed by atoms with E-state index < -0.39 is 55.1 Å². The van der Waals surface area contributed by atoms with Crippen molar-refractivity contribution >= 4 is 20.0 Å². The normalized spacial score (nSPS) is 40.1. The van der Waals surface area contributed by atoms with Crippen LogP contribution in [0.4, 0.5) is 0 Å². The average molecular weight is 889 g/mol. The molecule has 5 N–H and O–H groups in total. The molecule has 17 atom stereocenters. The minimum absolute atomic E-state index is 0.0270. The molecule has 354 valence electrons. The maximum atomic E-state index is 14.7. The van der Waals surface area contributed by atoms with E-state index >= 15 is 0 Å². The van der Waals surface area contributed by atoms with Gasteiger partial charge in [-0.25, -0.2) is 0 Å². The lowest BCUT2D eigenvalue weighted by atomic mass is 9.73. The van der Waals surface area contributed by atoms with Gasteiger partial charge in [0.15, 0.2) is 19.9 Å². The van der Waals surface area contributed by atoms with Crippen LogP contribution in [0.1, 0.15) is 139 Å². The summed E-state index contributed by atoms with van der Waals surface area (Å²) in [5.74, 6) is -1.49. The molecular formula is C49H84N2O10Si. The Morgan fingerprint density at radius 2 is 1.68 bits per heavy atom. The highest BCUT2D eigenvalue weighted by atomic mass is 28.4. The van der Waals surface area contributed by atoms with Crippen molar-refractivity contribution in [2.45, 2.75) is 224 Å². The van der Waals surface area contributed by atoms with Gasteiger partial charge in [0, 0.05) is 36.6 Å². The van der Waals surface area contributed by atoms with Crippen LogP contribution in [0.3, 0.4) is 0 Å². The van der Waals surface area contributed by atoms with Gasteiger partial charge >= 0.3 is 0 Å². The summed E-state index contributed by atoms with van der Waals surface area (Å²) < 4.78 is 34.7. The first-order valence-corrected chi connectivity index (χ1v) is 27.5. The molecular weight excluding hydrogens is 805 g/mol. The Kier molecular flexibility index (Phi) is 17.3. The van der Waals surface area contributed by atoms with E-state index in [1.54, 1.807) is 0 Å². The molecule has 62 heavy (non-hydrogen) atoms. The molecule has 0 unspecified atom stereocenters. The smallest absolute Gasteiger partial charge is 0.225 e. The van der Waals surface area contributed by atoms with Gasteiger partial charge in [-0.15, -0.1) is 6.42 Å². The van der Waals surface area contributed by atoms with Crippen LogP contribution in [0.25, 0.3) is 0 Å². The van der Waals surface area contributed by atoms with Crippen LogP contribution in [-0.2, 0) is 33.3 Å². The summed E-state index contributed by atoms with van der Waals surface area (Å²) in [5, 5.41) is 29.6. The molecule has 1 amide bonds. The van der Waals surface area contributed by atoms with Crippen LogP contribution in [0.15, 0.2) is 12.2 Å². The molecule has 12 nitrogen and oxygen atoms in total. The molecule has 5 aliphatic heterocycles. The molecule has 5 heterocycles. The number of carbonyl (C=O) groups is 2. The van der Waals surface area contributed by atoms with E-state index in [0.29, 0.717) is 58.0 Å². The highest BCUT2D eigenvalue weighted by Crippen LogP contribution is 2.54. The number of Topliss-reactive ketones (excluding diaryl/α,β-unsaturated/α-hetero) is 1. The Labute approximate surface area is 374 Å². The number of hydrogen-bond donors (Lipinski definition) is 5. The Morgan fingerprint density at radius 1 is 0.984 bits per heavy atom. The monoisotopic (exact) mass is 889 g/mol. The van der Waals surface area contributed by atoms with Crippen molar-refractivity contribution in [3.05, 3.63) is 12.2 Å². The number of ketones is 1. The minimum atomic E-state index is -2.17. The highest BCUT2D eigenvalue weighted by Gasteiger charge is 2.63. The quantitative estimate of drug-likeness (QED) is 0.0426. The van der Waals surface area contributed by atoms with Gasteiger partial charge in [-0.2, -0.15) is 0 Å². The number of aliphatic hydroxyl groups excluding tert-OH is 1. The van der Waals surface area contributed by atoms with E-state index in [0.717, 1.165) is 38.1 Å². The molecule has 4 fully saturated rings. The molecule has 0 radical (unpaired) electrons. The highest BCUT2D eigenvalue weighted by molar-refractivity contribution is 6.69. The molecule has 0 aromatic carbocycles. The molecule has 0 saturated carbocycles. The van der Waals surface area contributed by atoms with Gasteiger partial charge in [0.2, 0.25) is 5.91 Å². The number of nitrogens with one attached hydrogen (secondary N) is 2. The van der Waals surface area contributed by atoms with Crippen molar-refractivity contribution in [3.8, 4) is 12.3 Å². The second-order valence-corrected chi connectivity index (χ2v) is 25.0. The molecule has 5 aliphatic rings. The van der Waals surface area contributed by atoms with Crippen molar-refractivity contribution in [1.29, 1.82) is 0 Å². The third-order valence-electron chi connectivity index (χ3n) is 15.8. The summed E-state index contributed by atoms with van der Waals surface area (Å²) in [6, 6.07) is 0.376. The number of rotatable bonds is 18. The van der Waals surface area contributed by atoms with Crippen LogP contribution in [0.5, 0.6) is 0 Å². The zero-order valence-corrected chi connectivity index (χ0v) is 41.0. The van der Waals surface area contributed by atoms with Crippen molar-refractivity contribution in [1.82, 2.24) is 10.6 Å². The molecule has 2 spiro atoms. The Morgan fingerprint density at radius 3 is 2.31 bits per heavy atom. The molecule has 13 heteroatoms. The summed E-state index contributed by atoms with van der Waals surface area (Å²) in [4.78, 5) is 38.2. The first-order chi connectivity index (χ1) is 29.1. The number of carbonyl (C=O) groups excluding carboxylic acids is 2. The third-order valence-corrected chi connectivity index (χ3v) is 17.4. The van der Waals surface area contributed by atoms with Crippen LogP contribution in [0.2, 0.25) is 19.1 Å². The fourth-order valence-electron chi connectivity index (χ4n) is 11.4. The van der Waals surface area contributed by atoms with Gasteiger partial charge in [0.25, 0.3) is 0 Å². The molecule has 0 bridgehead atoms. The number of ether oxygens (including phenoxy) is 5. The number of hydrogen-bond acceptors (Lipinski definition) is 11. The van der Waals surface area contributed by atoms with Crippen molar-refractivity contribution < 1.29 is 48.3 Å². The fraction of sp³-hybridized carbons (Fsp3) is 0.878. The molecule has 0 aromatic rings.